The van der Waals surface area contributed by atoms with Gasteiger partial charge in [-0.3, -0.25) is 9.59 Å². The number of benzene rings is 2. The van der Waals surface area contributed by atoms with Crippen molar-refractivity contribution in [2.75, 3.05) is 11.9 Å². The summed E-state index contributed by atoms with van der Waals surface area (Å²) in [6, 6.07) is 16.1. The van der Waals surface area contributed by atoms with Crippen molar-refractivity contribution in [1.29, 1.82) is 0 Å². The van der Waals surface area contributed by atoms with Crippen LogP contribution in [0.1, 0.15) is 17.5 Å². The van der Waals surface area contributed by atoms with Crippen LogP contribution in [0.2, 0.25) is 0 Å². The van der Waals surface area contributed by atoms with E-state index in [-0.39, 0.29) is 12.3 Å². The molecule has 0 radical (unpaired) electrons. The van der Waals surface area contributed by atoms with E-state index in [9.17, 15) is 22.8 Å². The van der Waals surface area contributed by atoms with Crippen LogP contribution >= 0.6 is 0 Å². The van der Waals surface area contributed by atoms with E-state index in [0.717, 1.165) is 5.56 Å². The normalized spacial score (nSPS) is 11.0. The maximum Gasteiger partial charge on any atom is 0.405 e. The van der Waals surface area contributed by atoms with Gasteiger partial charge in [-0.2, -0.15) is 13.2 Å². The maximum absolute atomic E-state index is 12.0. The number of nitrogens with one attached hydrogen (secondary N) is 2. The molecule has 0 unspecified atom stereocenters. The molecule has 0 heterocycles. The fraction of sp³-hybridized carbons (Fsp3) is 0.263. The van der Waals surface area contributed by atoms with Gasteiger partial charge in [0.25, 0.3) is 0 Å². The summed E-state index contributed by atoms with van der Waals surface area (Å²) in [4.78, 5) is 23.4. The number of alkyl halides is 3. The standard InChI is InChI=1S/C19H19F3N2O2/c20-19(21,22)13-23-18(26)12-15-6-9-16(10-7-15)24-17(25)11-8-14-4-2-1-3-5-14/h1-7,9-10H,8,11-13H2,(H,23,26)(H,24,25). The van der Waals surface area contributed by atoms with Gasteiger partial charge in [0.1, 0.15) is 6.54 Å². The predicted molar refractivity (Wildman–Crippen MR) is 92.6 cm³/mol. The van der Waals surface area contributed by atoms with Crippen LogP contribution in [0, 0.1) is 0 Å². The average molecular weight is 364 g/mol. The number of halogens is 3. The van der Waals surface area contributed by atoms with E-state index in [1.54, 1.807) is 24.3 Å². The molecule has 2 aromatic carbocycles. The van der Waals surface area contributed by atoms with Crippen LogP contribution in [-0.2, 0) is 22.4 Å². The van der Waals surface area contributed by atoms with Crippen LogP contribution in [0.3, 0.4) is 0 Å². The number of hydrogen-bond donors (Lipinski definition) is 2. The fourth-order valence-electron chi connectivity index (χ4n) is 2.28. The van der Waals surface area contributed by atoms with Gasteiger partial charge in [-0.25, -0.2) is 0 Å². The molecule has 138 valence electrons. The summed E-state index contributed by atoms with van der Waals surface area (Å²) in [6.45, 7) is -1.35. The van der Waals surface area contributed by atoms with Gasteiger partial charge in [-0.15, -0.1) is 0 Å². The molecule has 2 rings (SSSR count). The molecule has 0 fully saturated rings. The molecule has 7 heteroatoms. The van der Waals surface area contributed by atoms with Gasteiger partial charge in [-0.05, 0) is 29.7 Å². The first kappa shape index (κ1) is 19.5. The second-order valence-electron chi connectivity index (χ2n) is 5.80. The molecule has 2 aromatic rings. The highest BCUT2D eigenvalue weighted by Gasteiger charge is 2.27. The third-order valence-corrected chi connectivity index (χ3v) is 3.57. The number of anilines is 1. The van der Waals surface area contributed by atoms with Gasteiger partial charge in [0.2, 0.25) is 11.8 Å². The summed E-state index contributed by atoms with van der Waals surface area (Å²) >= 11 is 0. The Morgan fingerprint density at radius 3 is 2.12 bits per heavy atom. The van der Waals surface area contributed by atoms with Crippen molar-refractivity contribution >= 4 is 17.5 Å². The molecule has 0 aliphatic heterocycles. The monoisotopic (exact) mass is 364 g/mol. The summed E-state index contributed by atoms with van der Waals surface area (Å²) < 4.78 is 36.1. The van der Waals surface area contributed by atoms with Gasteiger partial charge in [0.05, 0.1) is 6.42 Å². The number of aryl methyl sites for hydroxylation is 1. The third-order valence-electron chi connectivity index (χ3n) is 3.57. The molecule has 0 spiro atoms. The van der Waals surface area contributed by atoms with E-state index >= 15 is 0 Å². The van der Waals surface area contributed by atoms with Crippen molar-refractivity contribution in [3.63, 3.8) is 0 Å². The summed E-state index contributed by atoms with van der Waals surface area (Å²) in [6.07, 6.45) is -3.61. The molecule has 0 aliphatic carbocycles. The van der Waals surface area contributed by atoms with Crippen LogP contribution in [0.5, 0.6) is 0 Å². The molecular formula is C19H19F3N2O2. The molecule has 0 bridgehead atoms. The van der Waals surface area contributed by atoms with E-state index in [4.69, 9.17) is 0 Å². The highest BCUT2D eigenvalue weighted by atomic mass is 19.4. The molecule has 26 heavy (non-hydrogen) atoms. The maximum atomic E-state index is 12.0. The SMILES string of the molecule is O=C(Cc1ccc(NC(=O)CCc2ccccc2)cc1)NCC(F)(F)F. The van der Waals surface area contributed by atoms with E-state index in [2.05, 4.69) is 5.32 Å². The molecule has 2 amide bonds. The van der Waals surface area contributed by atoms with Gasteiger partial charge in [0.15, 0.2) is 0 Å². The smallest absolute Gasteiger partial charge is 0.347 e. The topological polar surface area (TPSA) is 58.2 Å². The summed E-state index contributed by atoms with van der Waals surface area (Å²) in [7, 11) is 0. The van der Waals surface area contributed by atoms with Crippen LogP contribution < -0.4 is 10.6 Å². The largest absolute Gasteiger partial charge is 0.405 e. The first-order valence-corrected chi connectivity index (χ1v) is 8.08. The Bertz CT molecular complexity index is 729. The van der Waals surface area contributed by atoms with Crippen molar-refractivity contribution < 1.29 is 22.8 Å². The van der Waals surface area contributed by atoms with Crippen LogP contribution in [0.25, 0.3) is 0 Å². The highest BCUT2D eigenvalue weighted by molar-refractivity contribution is 5.90. The molecular weight excluding hydrogens is 345 g/mol. The van der Waals surface area contributed by atoms with E-state index in [1.165, 1.54) is 0 Å². The number of carbonyl (C=O) groups excluding carboxylic acids is 2. The fourth-order valence-corrected chi connectivity index (χ4v) is 2.28. The van der Waals surface area contributed by atoms with Crippen molar-refractivity contribution in [3.8, 4) is 0 Å². The molecule has 0 atom stereocenters. The zero-order chi connectivity index (χ0) is 19.0. The summed E-state index contributed by atoms with van der Waals surface area (Å²) in [5.74, 6) is -0.841. The van der Waals surface area contributed by atoms with Crippen molar-refractivity contribution in [1.82, 2.24) is 5.32 Å². The summed E-state index contributed by atoms with van der Waals surface area (Å²) in [5.41, 5.74) is 2.21. The Morgan fingerprint density at radius 1 is 0.846 bits per heavy atom. The second-order valence-corrected chi connectivity index (χ2v) is 5.80. The minimum Gasteiger partial charge on any atom is -0.347 e. The van der Waals surface area contributed by atoms with Gasteiger partial charge in [-0.1, -0.05) is 42.5 Å². The van der Waals surface area contributed by atoms with E-state index < -0.39 is 18.6 Å². The predicted octanol–water partition coefficient (Wildman–Crippen LogP) is 3.48. The Balaban J connectivity index is 1.77. The minimum absolute atomic E-state index is 0.135. The Kier molecular flexibility index (Phi) is 6.77. The van der Waals surface area contributed by atoms with Crippen molar-refractivity contribution in [2.45, 2.75) is 25.4 Å². The van der Waals surface area contributed by atoms with Crippen LogP contribution in [0.4, 0.5) is 18.9 Å². The Labute approximate surface area is 149 Å². The zero-order valence-corrected chi connectivity index (χ0v) is 14.0. The van der Waals surface area contributed by atoms with Gasteiger partial charge in [0, 0.05) is 12.1 Å². The second kappa shape index (κ2) is 9.03. The van der Waals surface area contributed by atoms with Gasteiger partial charge < -0.3 is 10.6 Å². The first-order chi connectivity index (χ1) is 12.3. The number of rotatable bonds is 7. The number of hydrogen-bond acceptors (Lipinski definition) is 2. The molecule has 2 N–H and O–H groups in total. The van der Waals surface area contributed by atoms with Gasteiger partial charge >= 0.3 is 6.18 Å². The van der Waals surface area contributed by atoms with E-state index in [1.807, 2.05) is 35.6 Å². The summed E-state index contributed by atoms with van der Waals surface area (Å²) in [5, 5.41) is 4.57. The minimum atomic E-state index is -4.43. The quantitative estimate of drug-likeness (QED) is 0.790. The molecule has 4 nitrogen and oxygen atoms in total. The lowest BCUT2D eigenvalue weighted by Gasteiger charge is -2.09. The molecule has 0 aromatic heterocycles. The molecule has 0 aliphatic rings. The Morgan fingerprint density at radius 2 is 1.50 bits per heavy atom. The first-order valence-electron chi connectivity index (χ1n) is 8.08. The van der Waals surface area contributed by atoms with Crippen molar-refractivity contribution in [3.05, 3.63) is 65.7 Å². The highest BCUT2D eigenvalue weighted by Crippen LogP contribution is 2.13. The van der Waals surface area contributed by atoms with Crippen LogP contribution in [0.15, 0.2) is 54.6 Å². The van der Waals surface area contributed by atoms with E-state index in [0.29, 0.717) is 24.1 Å². The number of amides is 2. The Hall–Kier alpha value is -2.83. The zero-order valence-electron chi connectivity index (χ0n) is 14.0. The van der Waals surface area contributed by atoms with Crippen LogP contribution in [-0.4, -0.2) is 24.5 Å². The third kappa shape index (κ3) is 7.38. The average Bonchev–Trinajstić information content (AvgIpc) is 2.60. The lowest BCUT2D eigenvalue weighted by Crippen LogP contribution is -2.34. The number of carbonyl (C=O) groups is 2. The lowest BCUT2D eigenvalue weighted by atomic mass is 10.1. The lowest BCUT2D eigenvalue weighted by molar-refractivity contribution is -0.138. The molecule has 0 saturated heterocycles. The van der Waals surface area contributed by atoms with Crippen molar-refractivity contribution in [2.24, 2.45) is 0 Å². The molecule has 0 saturated carbocycles.